The predicted molar refractivity (Wildman–Crippen MR) is 43.1 cm³/mol. The summed E-state index contributed by atoms with van der Waals surface area (Å²) in [5, 5.41) is 9.39. The SMILES string of the molecule is O=CC=Cc1ncc(CO)s1. The summed E-state index contributed by atoms with van der Waals surface area (Å²) in [4.78, 5) is 14.6. The zero-order valence-corrected chi connectivity index (χ0v) is 6.54. The summed E-state index contributed by atoms with van der Waals surface area (Å²) in [6, 6.07) is 0. The molecule has 1 N–H and O–H groups in total. The first-order valence-corrected chi connectivity index (χ1v) is 3.86. The van der Waals surface area contributed by atoms with Crippen molar-refractivity contribution in [2.24, 2.45) is 0 Å². The number of aromatic nitrogens is 1. The van der Waals surface area contributed by atoms with E-state index < -0.39 is 0 Å². The van der Waals surface area contributed by atoms with Crippen molar-refractivity contribution in [1.82, 2.24) is 4.98 Å². The highest BCUT2D eigenvalue weighted by Gasteiger charge is 1.95. The minimum atomic E-state index is 0.00654. The summed E-state index contributed by atoms with van der Waals surface area (Å²) < 4.78 is 0. The zero-order valence-electron chi connectivity index (χ0n) is 5.73. The molecule has 1 aromatic rings. The second-order valence-corrected chi connectivity index (χ2v) is 2.96. The molecular formula is C7H7NO2S. The van der Waals surface area contributed by atoms with Crippen LogP contribution in [-0.4, -0.2) is 16.4 Å². The van der Waals surface area contributed by atoms with Gasteiger partial charge in [0, 0.05) is 6.20 Å². The number of aliphatic hydroxyl groups excluding tert-OH is 1. The maximum absolute atomic E-state index is 9.90. The third-order valence-electron chi connectivity index (χ3n) is 1.04. The summed E-state index contributed by atoms with van der Waals surface area (Å²) in [7, 11) is 0. The van der Waals surface area contributed by atoms with E-state index in [-0.39, 0.29) is 6.61 Å². The van der Waals surface area contributed by atoms with E-state index in [9.17, 15) is 4.79 Å². The van der Waals surface area contributed by atoms with Gasteiger partial charge in [0.1, 0.15) is 11.3 Å². The van der Waals surface area contributed by atoms with Gasteiger partial charge in [-0.25, -0.2) is 4.98 Å². The molecule has 0 saturated heterocycles. The third kappa shape index (κ3) is 2.25. The molecule has 1 aromatic heterocycles. The van der Waals surface area contributed by atoms with Crippen molar-refractivity contribution < 1.29 is 9.90 Å². The van der Waals surface area contributed by atoms with E-state index >= 15 is 0 Å². The van der Waals surface area contributed by atoms with Gasteiger partial charge in [-0.3, -0.25) is 4.79 Å². The van der Waals surface area contributed by atoms with Crippen molar-refractivity contribution in [3.8, 4) is 0 Å². The first-order chi connectivity index (χ1) is 5.36. The van der Waals surface area contributed by atoms with Crippen LogP contribution in [0, 0.1) is 0 Å². The van der Waals surface area contributed by atoms with Gasteiger partial charge in [0.15, 0.2) is 0 Å². The molecule has 0 amide bonds. The van der Waals surface area contributed by atoms with E-state index in [1.165, 1.54) is 17.4 Å². The lowest BCUT2D eigenvalue weighted by Gasteiger charge is -1.79. The maximum atomic E-state index is 9.90. The third-order valence-corrected chi connectivity index (χ3v) is 1.99. The lowest BCUT2D eigenvalue weighted by atomic mass is 10.5. The van der Waals surface area contributed by atoms with Crippen molar-refractivity contribution in [3.63, 3.8) is 0 Å². The molecule has 0 bridgehead atoms. The Bertz CT molecular complexity index is 267. The molecule has 0 aromatic carbocycles. The number of carbonyl (C=O) groups excluding carboxylic acids is 1. The predicted octanol–water partition coefficient (Wildman–Crippen LogP) is 0.847. The van der Waals surface area contributed by atoms with E-state index in [0.29, 0.717) is 6.29 Å². The quantitative estimate of drug-likeness (QED) is 0.539. The highest BCUT2D eigenvalue weighted by Crippen LogP contribution is 2.13. The van der Waals surface area contributed by atoms with Crippen LogP contribution in [0.2, 0.25) is 0 Å². The molecule has 1 rings (SSSR count). The first-order valence-electron chi connectivity index (χ1n) is 3.04. The fraction of sp³-hybridized carbons (Fsp3) is 0.143. The Hall–Kier alpha value is -1.00. The summed E-state index contributed by atoms with van der Waals surface area (Å²) >= 11 is 1.37. The van der Waals surface area contributed by atoms with Gasteiger partial charge < -0.3 is 5.11 Å². The second-order valence-electron chi connectivity index (χ2n) is 1.82. The largest absolute Gasteiger partial charge is 0.391 e. The number of rotatable bonds is 3. The molecule has 0 aliphatic heterocycles. The van der Waals surface area contributed by atoms with Crippen LogP contribution >= 0.6 is 11.3 Å². The lowest BCUT2D eigenvalue weighted by molar-refractivity contribution is -0.104. The van der Waals surface area contributed by atoms with Gasteiger partial charge in [-0.1, -0.05) is 0 Å². The molecule has 58 valence electrons. The van der Waals surface area contributed by atoms with Crippen LogP contribution < -0.4 is 0 Å². The van der Waals surface area contributed by atoms with E-state index in [1.807, 2.05) is 0 Å². The highest BCUT2D eigenvalue weighted by molar-refractivity contribution is 7.12. The molecule has 0 spiro atoms. The number of aldehydes is 1. The molecular weight excluding hydrogens is 162 g/mol. The smallest absolute Gasteiger partial charge is 0.142 e. The maximum Gasteiger partial charge on any atom is 0.142 e. The molecule has 0 fully saturated rings. The minimum Gasteiger partial charge on any atom is -0.391 e. The Morgan fingerprint density at radius 1 is 1.73 bits per heavy atom. The van der Waals surface area contributed by atoms with Crippen LogP contribution in [0.15, 0.2) is 12.3 Å². The Morgan fingerprint density at radius 2 is 2.55 bits per heavy atom. The number of allylic oxidation sites excluding steroid dienone is 1. The number of nitrogens with zero attached hydrogens (tertiary/aromatic N) is 1. The molecule has 0 aliphatic rings. The molecule has 3 nitrogen and oxygen atoms in total. The molecule has 11 heavy (non-hydrogen) atoms. The Morgan fingerprint density at radius 3 is 3.09 bits per heavy atom. The van der Waals surface area contributed by atoms with E-state index in [0.717, 1.165) is 9.88 Å². The van der Waals surface area contributed by atoms with Gasteiger partial charge >= 0.3 is 0 Å². The van der Waals surface area contributed by atoms with Crippen LogP contribution in [0.5, 0.6) is 0 Å². The average molecular weight is 169 g/mol. The fourth-order valence-corrected chi connectivity index (χ4v) is 1.28. The Labute approximate surface area is 68.0 Å². The molecule has 4 heteroatoms. The first kappa shape index (κ1) is 8.10. The van der Waals surface area contributed by atoms with Crippen LogP contribution in [0.3, 0.4) is 0 Å². The monoisotopic (exact) mass is 169 g/mol. The normalized spacial score (nSPS) is 10.6. The molecule has 0 unspecified atom stereocenters. The van der Waals surface area contributed by atoms with Crippen molar-refractivity contribution in [1.29, 1.82) is 0 Å². The van der Waals surface area contributed by atoms with Gasteiger partial charge in [-0.15, -0.1) is 11.3 Å². The lowest BCUT2D eigenvalue weighted by Crippen LogP contribution is -1.70. The van der Waals surface area contributed by atoms with Crippen molar-refractivity contribution >= 4 is 23.7 Å². The molecule has 0 aliphatic carbocycles. The van der Waals surface area contributed by atoms with Gasteiger partial charge in [0.25, 0.3) is 0 Å². The number of aliphatic hydroxyl groups is 1. The van der Waals surface area contributed by atoms with Crippen molar-refractivity contribution in [2.75, 3.05) is 0 Å². The molecule has 0 saturated carbocycles. The Balaban J connectivity index is 2.72. The Kier molecular flexibility index (Phi) is 2.95. The average Bonchev–Trinajstić information content (AvgIpc) is 2.48. The second kappa shape index (κ2) is 4.00. The molecule has 0 radical (unpaired) electrons. The van der Waals surface area contributed by atoms with Crippen molar-refractivity contribution in [3.05, 3.63) is 22.2 Å². The molecule has 0 atom stereocenters. The van der Waals surface area contributed by atoms with Crippen LogP contribution in [0.1, 0.15) is 9.88 Å². The van der Waals surface area contributed by atoms with Gasteiger partial charge in [-0.05, 0) is 12.2 Å². The summed E-state index contributed by atoms with van der Waals surface area (Å²) in [5.41, 5.74) is 0. The fourth-order valence-electron chi connectivity index (χ4n) is 0.594. The minimum absolute atomic E-state index is 0.00654. The number of thiazole rings is 1. The standard InChI is InChI=1S/C7H7NO2S/c9-3-1-2-7-8-4-6(5-10)11-7/h1-4,10H,5H2. The van der Waals surface area contributed by atoms with Crippen LogP contribution in [0.4, 0.5) is 0 Å². The topological polar surface area (TPSA) is 50.2 Å². The summed E-state index contributed by atoms with van der Waals surface area (Å²) in [6.45, 7) is 0.00654. The summed E-state index contributed by atoms with van der Waals surface area (Å²) in [5.74, 6) is 0. The van der Waals surface area contributed by atoms with E-state index in [1.54, 1.807) is 12.3 Å². The van der Waals surface area contributed by atoms with Crippen LogP contribution in [0.25, 0.3) is 6.08 Å². The van der Waals surface area contributed by atoms with Gasteiger partial charge in [-0.2, -0.15) is 0 Å². The summed E-state index contributed by atoms with van der Waals surface area (Å²) in [6.07, 6.45) is 5.27. The van der Waals surface area contributed by atoms with Gasteiger partial charge in [0.2, 0.25) is 0 Å². The van der Waals surface area contributed by atoms with Gasteiger partial charge in [0.05, 0.1) is 11.5 Å². The molecule has 1 heterocycles. The van der Waals surface area contributed by atoms with E-state index in [2.05, 4.69) is 4.98 Å². The highest BCUT2D eigenvalue weighted by atomic mass is 32.1. The van der Waals surface area contributed by atoms with Crippen LogP contribution in [-0.2, 0) is 11.4 Å². The van der Waals surface area contributed by atoms with E-state index in [4.69, 9.17) is 5.11 Å². The number of hydrogen-bond donors (Lipinski definition) is 1. The number of carbonyl (C=O) groups is 1. The van der Waals surface area contributed by atoms with Crippen molar-refractivity contribution in [2.45, 2.75) is 6.61 Å². The number of hydrogen-bond acceptors (Lipinski definition) is 4. The zero-order chi connectivity index (χ0) is 8.10.